The number of rotatable bonds is 6. The Morgan fingerprint density at radius 3 is 2.18 bits per heavy atom. The lowest BCUT2D eigenvalue weighted by Crippen LogP contribution is -2.54. The molecule has 1 aliphatic heterocycles. The van der Waals surface area contributed by atoms with Crippen LogP contribution in [-0.4, -0.2) is 33.8 Å². The molecule has 2 atom stereocenters. The van der Waals surface area contributed by atoms with Crippen molar-refractivity contribution in [2.24, 2.45) is 16.9 Å². The smallest absolute Gasteiger partial charge is 0.274 e. The standard InChI is InChI=1S/C32H20ClN5O7/c33-18-12-13-24(25(15-18)38(44)45)36-30(40)27-26-20-8-1-3-10-22(20)32(28(27)31(36)41,23-11-4-2-9-21(23)26)16-34-35-29(39)17-6-5-7-19(14-17)37(42)43/h1-16,26-28H,(H,35,39)/b34-16-/t26?,27-,28+,32?/m0/s1. The number of non-ortho nitro benzene ring substituents is 1. The summed E-state index contributed by atoms with van der Waals surface area (Å²) in [7, 11) is 0. The van der Waals surface area contributed by atoms with Gasteiger partial charge >= 0.3 is 0 Å². The van der Waals surface area contributed by atoms with Crippen LogP contribution in [0.3, 0.4) is 0 Å². The number of hydrogen-bond acceptors (Lipinski definition) is 8. The summed E-state index contributed by atoms with van der Waals surface area (Å²) in [5, 5.41) is 27.6. The maximum absolute atomic E-state index is 14.5. The second kappa shape index (κ2) is 10.2. The summed E-state index contributed by atoms with van der Waals surface area (Å²) in [6.45, 7) is 0. The van der Waals surface area contributed by atoms with Gasteiger partial charge in [0.1, 0.15) is 5.69 Å². The number of carbonyl (C=O) groups is 3. The number of halogens is 1. The zero-order valence-electron chi connectivity index (χ0n) is 23.0. The van der Waals surface area contributed by atoms with E-state index in [0.29, 0.717) is 11.1 Å². The van der Waals surface area contributed by atoms with E-state index < -0.39 is 56.4 Å². The van der Waals surface area contributed by atoms with E-state index in [2.05, 4.69) is 10.5 Å². The number of anilines is 1. The molecular formula is C32H20ClN5O7. The van der Waals surface area contributed by atoms with Crippen LogP contribution in [0.25, 0.3) is 0 Å². The van der Waals surface area contributed by atoms with Crippen molar-refractivity contribution in [3.63, 3.8) is 0 Å². The highest BCUT2D eigenvalue weighted by atomic mass is 35.5. The number of hydrazone groups is 1. The molecule has 1 fully saturated rings. The molecule has 1 N–H and O–H groups in total. The third kappa shape index (κ3) is 3.99. The normalized spacial score (nSPS) is 22.6. The third-order valence-corrected chi connectivity index (χ3v) is 9.05. The van der Waals surface area contributed by atoms with Crippen LogP contribution in [0.1, 0.15) is 38.5 Å². The number of imide groups is 1. The number of nitrogens with one attached hydrogen (secondary N) is 1. The number of nitrogens with zero attached hydrogens (tertiary/aromatic N) is 4. The highest BCUT2D eigenvalue weighted by Gasteiger charge is 2.68. The van der Waals surface area contributed by atoms with E-state index in [4.69, 9.17) is 11.6 Å². The van der Waals surface area contributed by atoms with E-state index in [0.717, 1.165) is 28.2 Å². The van der Waals surface area contributed by atoms with Crippen molar-refractivity contribution in [2.75, 3.05) is 4.90 Å². The Hall–Kier alpha value is -5.75. The van der Waals surface area contributed by atoms with Gasteiger partial charge in [-0.3, -0.25) is 34.6 Å². The maximum atomic E-state index is 14.5. The Labute approximate surface area is 259 Å². The van der Waals surface area contributed by atoms with Gasteiger partial charge in [-0.15, -0.1) is 0 Å². The van der Waals surface area contributed by atoms with Crippen LogP contribution in [0.5, 0.6) is 0 Å². The lowest BCUT2D eigenvalue weighted by molar-refractivity contribution is -0.384. The summed E-state index contributed by atoms with van der Waals surface area (Å²) in [5.41, 5.74) is 3.12. The van der Waals surface area contributed by atoms with Crippen LogP contribution in [-0.2, 0) is 15.0 Å². The minimum Gasteiger partial charge on any atom is -0.274 e. The van der Waals surface area contributed by atoms with E-state index in [1.807, 2.05) is 36.4 Å². The molecule has 1 heterocycles. The van der Waals surface area contributed by atoms with Crippen molar-refractivity contribution < 1.29 is 24.2 Å². The molecule has 45 heavy (non-hydrogen) atoms. The van der Waals surface area contributed by atoms with Gasteiger partial charge in [-0.1, -0.05) is 66.2 Å². The summed E-state index contributed by atoms with van der Waals surface area (Å²) >= 11 is 6.04. The van der Waals surface area contributed by atoms with Crippen LogP contribution in [0.2, 0.25) is 5.02 Å². The van der Waals surface area contributed by atoms with E-state index in [-0.39, 0.29) is 22.0 Å². The Morgan fingerprint density at radius 1 is 0.867 bits per heavy atom. The monoisotopic (exact) mass is 621 g/mol. The molecule has 222 valence electrons. The van der Waals surface area contributed by atoms with Gasteiger partial charge in [-0.2, -0.15) is 5.10 Å². The SMILES string of the molecule is O=C(N/N=C\C12c3ccccc3C(c3ccccc31)[C@@H]1C(=O)N(c3ccc(Cl)cc3[N+](=O)[O-])C(=O)[C@@H]12)c1cccc([N+](=O)[O-])c1. The minimum absolute atomic E-state index is 0.00165. The average Bonchev–Trinajstić information content (AvgIpc) is 3.31. The van der Waals surface area contributed by atoms with Crippen molar-refractivity contribution >= 4 is 52.6 Å². The lowest BCUT2D eigenvalue weighted by Gasteiger charge is -2.52. The maximum Gasteiger partial charge on any atom is 0.294 e. The predicted octanol–water partition coefficient (Wildman–Crippen LogP) is 5.12. The highest BCUT2D eigenvalue weighted by molar-refractivity contribution is 6.31. The second-order valence-electron chi connectivity index (χ2n) is 10.9. The van der Waals surface area contributed by atoms with Crippen molar-refractivity contribution in [3.8, 4) is 0 Å². The zero-order chi connectivity index (χ0) is 31.6. The van der Waals surface area contributed by atoms with Crippen molar-refractivity contribution in [2.45, 2.75) is 11.3 Å². The molecule has 0 spiro atoms. The fourth-order valence-electron chi connectivity index (χ4n) is 7.14. The van der Waals surface area contributed by atoms with Gasteiger partial charge in [-0.05, 0) is 40.5 Å². The minimum atomic E-state index is -1.36. The summed E-state index contributed by atoms with van der Waals surface area (Å²) in [5.74, 6) is -4.49. The molecule has 4 aromatic rings. The van der Waals surface area contributed by atoms with Crippen LogP contribution >= 0.6 is 11.6 Å². The van der Waals surface area contributed by atoms with Gasteiger partial charge in [0.05, 0.1) is 27.1 Å². The molecule has 4 aromatic carbocycles. The molecule has 12 nitrogen and oxygen atoms in total. The van der Waals surface area contributed by atoms with Crippen molar-refractivity contribution in [3.05, 3.63) is 144 Å². The van der Waals surface area contributed by atoms with E-state index in [1.54, 1.807) is 12.1 Å². The number of carbonyl (C=O) groups excluding carboxylic acids is 3. The number of nitro groups is 2. The van der Waals surface area contributed by atoms with Crippen molar-refractivity contribution in [1.29, 1.82) is 0 Å². The van der Waals surface area contributed by atoms with Crippen LogP contribution in [0.15, 0.2) is 96.1 Å². The molecule has 0 radical (unpaired) electrons. The number of amides is 3. The van der Waals surface area contributed by atoms with Crippen LogP contribution in [0, 0.1) is 32.1 Å². The third-order valence-electron chi connectivity index (χ3n) is 8.81. The van der Waals surface area contributed by atoms with E-state index >= 15 is 0 Å². The van der Waals surface area contributed by atoms with Gasteiger partial charge in [-0.25, -0.2) is 10.3 Å². The summed E-state index contributed by atoms with van der Waals surface area (Å²) in [6, 6.07) is 23.6. The second-order valence-corrected chi connectivity index (χ2v) is 11.4. The Balaban J connectivity index is 1.39. The van der Waals surface area contributed by atoms with Gasteiger partial charge in [0.15, 0.2) is 0 Å². The Kier molecular flexibility index (Phi) is 6.34. The lowest BCUT2D eigenvalue weighted by atomic mass is 9.47. The van der Waals surface area contributed by atoms with Gasteiger partial charge in [0, 0.05) is 40.9 Å². The molecule has 1 saturated heterocycles. The van der Waals surface area contributed by atoms with Gasteiger partial charge < -0.3 is 0 Å². The molecule has 0 aromatic heterocycles. The van der Waals surface area contributed by atoms with Crippen LogP contribution < -0.4 is 10.3 Å². The molecule has 8 rings (SSSR count). The molecule has 0 unspecified atom stereocenters. The average molecular weight is 622 g/mol. The summed E-state index contributed by atoms with van der Waals surface area (Å²) in [6.07, 6.45) is 1.43. The van der Waals surface area contributed by atoms with Gasteiger partial charge in [0.2, 0.25) is 11.8 Å². The molecule has 0 saturated carbocycles. The van der Waals surface area contributed by atoms with E-state index in [9.17, 15) is 34.6 Å². The Morgan fingerprint density at radius 2 is 1.53 bits per heavy atom. The molecule has 13 heteroatoms. The molecular weight excluding hydrogens is 602 g/mol. The first-order valence-electron chi connectivity index (χ1n) is 13.7. The number of benzene rings is 4. The topological polar surface area (TPSA) is 165 Å². The van der Waals surface area contributed by atoms with E-state index in [1.165, 1.54) is 36.5 Å². The zero-order valence-corrected chi connectivity index (χ0v) is 23.8. The molecule has 4 aliphatic rings. The summed E-state index contributed by atoms with van der Waals surface area (Å²) < 4.78 is 0. The van der Waals surface area contributed by atoms with Crippen molar-refractivity contribution in [1.82, 2.24) is 5.43 Å². The fourth-order valence-corrected chi connectivity index (χ4v) is 7.30. The Bertz CT molecular complexity index is 1980. The first-order chi connectivity index (χ1) is 21.6. The van der Waals surface area contributed by atoms with Crippen LogP contribution in [0.4, 0.5) is 17.1 Å². The predicted molar refractivity (Wildman–Crippen MR) is 162 cm³/mol. The molecule has 2 bridgehead atoms. The number of nitro benzene ring substituents is 2. The van der Waals surface area contributed by atoms with Gasteiger partial charge in [0.25, 0.3) is 17.3 Å². The largest absolute Gasteiger partial charge is 0.294 e. The first kappa shape index (κ1) is 28.0. The summed E-state index contributed by atoms with van der Waals surface area (Å²) in [4.78, 5) is 64.6. The fraction of sp³-hybridized carbons (Fsp3) is 0.125. The highest BCUT2D eigenvalue weighted by Crippen LogP contribution is 2.64. The molecule has 3 aliphatic carbocycles. The first-order valence-corrected chi connectivity index (χ1v) is 14.1. The molecule has 3 amide bonds. The quantitative estimate of drug-likeness (QED) is 0.135. The number of hydrogen-bond donors (Lipinski definition) is 1.